The molecule has 1 aromatic carbocycles. The Labute approximate surface area is 177 Å². The van der Waals surface area contributed by atoms with Crippen LogP contribution in [0.5, 0.6) is 0 Å². The van der Waals surface area contributed by atoms with Crippen LogP contribution in [0.25, 0.3) is 11.0 Å². The number of hydrogen-bond donors (Lipinski definition) is 1. The molecule has 0 amide bonds. The predicted octanol–water partition coefficient (Wildman–Crippen LogP) is 2.60. The summed E-state index contributed by atoms with van der Waals surface area (Å²) in [4.78, 5) is 4.58. The van der Waals surface area contributed by atoms with Crippen LogP contribution < -0.4 is 5.32 Å². The van der Waals surface area contributed by atoms with Gasteiger partial charge >= 0.3 is 0 Å². The maximum Gasteiger partial charge on any atom is 0.245 e. The summed E-state index contributed by atoms with van der Waals surface area (Å²) in [6.07, 6.45) is 2.40. The van der Waals surface area contributed by atoms with Gasteiger partial charge in [0.05, 0.1) is 11.7 Å². The SMILES string of the molecule is CCc1ccc(C2CNCCN2S(=O)(=O)c2cnc3c(c2)c(C)nn3C)cc1.Cl. The summed E-state index contributed by atoms with van der Waals surface area (Å²) >= 11 is 0. The molecule has 1 N–H and O–H groups in total. The average molecular weight is 436 g/mol. The summed E-state index contributed by atoms with van der Waals surface area (Å²) in [6, 6.07) is 9.66. The number of fused-ring (bicyclic) bond motifs is 1. The quantitative estimate of drug-likeness (QED) is 0.681. The van der Waals surface area contributed by atoms with Crippen molar-refractivity contribution in [1.82, 2.24) is 24.4 Å². The first-order valence-electron chi connectivity index (χ1n) is 9.52. The zero-order chi connectivity index (χ0) is 19.9. The Morgan fingerprint density at radius 2 is 1.97 bits per heavy atom. The van der Waals surface area contributed by atoms with Crippen molar-refractivity contribution in [3.05, 3.63) is 53.3 Å². The van der Waals surface area contributed by atoms with E-state index in [2.05, 4.69) is 34.5 Å². The van der Waals surface area contributed by atoms with Crippen molar-refractivity contribution in [2.75, 3.05) is 19.6 Å². The molecule has 7 nitrogen and oxygen atoms in total. The van der Waals surface area contributed by atoms with Crippen LogP contribution in [0.15, 0.2) is 41.4 Å². The molecule has 2 aromatic heterocycles. The fourth-order valence-electron chi connectivity index (χ4n) is 3.80. The van der Waals surface area contributed by atoms with Crippen LogP contribution in [0.4, 0.5) is 0 Å². The van der Waals surface area contributed by atoms with E-state index in [9.17, 15) is 8.42 Å². The Balaban J connectivity index is 0.00000240. The summed E-state index contributed by atoms with van der Waals surface area (Å²) in [7, 11) is -1.87. The summed E-state index contributed by atoms with van der Waals surface area (Å²) in [5.74, 6) is 0. The smallest absolute Gasteiger partial charge is 0.245 e. The average Bonchev–Trinajstić information content (AvgIpc) is 3.01. The number of pyridine rings is 1. The van der Waals surface area contributed by atoms with Gasteiger partial charge in [-0.15, -0.1) is 12.4 Å². The monoisotopic (exact) mass is 435 g/mol. The molecule has 1 saturated heterocycles. The maximum absolute atomic E-state index is 13.5. The molecule has 0 saturated carbocycles. The number of sulfonamides is 1. The van der Waals surface area contributed by atoms with E-state index < -0.39 is 10.0 Å². The lowest BCUT2D eigenvalue weighted by molar-refractivity contribution is 0.271. The van der Waals surface area contributed by atoms with E-state index in [0.717, 1.165) is 23.1 Å². The van der Waals surface area contributed by atoms with E-state index in [1.54, 1.807) is 15.1 Å². The number of halogens is 1. The maximum atomic E-state index is 13.5. The van der Waals surface area contributed by atoms with Gasteiger partial charge in [0, 0.05) is 38.3 Å². The van der Waals surface area contributed by atoms with Crippen molar-refractivity contribution in [2.24, 2.45) is 7.05 Å². The minimum atomic E-state index is -3.68. The topological polar surface area (TPSA) is 80.1 Å². The van der Waals surface area contributed by atoms with Gasteiger partial charge in [-0.1, -0.05) is 31.2 Å². The molecule has 1 unspecified atom stereocenters. The van der Waals surface area contributed by atoms with Gasteiger partial charge < -0.3 is 5.32 Å². The molecule has 29 heavy (non-hydrogen) atoms. The summed E-state index contributed by atoms with van der Waals surface area (Å²) in [6.45, 7) is 5.62. The van der Waals surface area contributed by atoms with Gasteiger partial charge in [-0.2, -0.15) is 9.40 Å². The number of nitrogens with one attached hydrogen (secondary N) is 1. The molecule has 0 radical (unpaired) electrons. The van der Waals surface area contributed by atoms with Crippen molar-refractivity contribution < 1.29 is 8.42 Å². The highest BCUT2D eigenvalue weighted by Crippen LogP contribution is 2.30. The van der Waals surface area contributed by atoms with Crippen molar-refractivity contribution in [3.8, 4) is 0 Å². The lowest BCUT2D eigenvalue weighted by Gasteiger charge is -2.35. The Hall–Kier alpha value is -2.00. The van der Waals surface area contributed by atoms with Crippen molar-refractivity contribution in [3.63, 3.8) is 0 Å². The molecule has 1 aliphatic rings. The number of piperazine rings is 1. The van der Waals surface area contributed by atoms with E-state index >= 15 is 0 Å². The molecule has 9 heteroatoms. The van der Waals surface area contributed by atoms with Crippen LogP contribution in [-0.2, 0) is 23.5 Å². The first-order valence-corrected chi connectivity index (χ1v) is 11.0. The van der Waals surface area contributed by atoms with Crippen LogP contribution in [0, 0.1) is 6.92 Å². The highest BCUT2D eigenvalue weighted by Gasteiger charge is 2.35. The molecule has 1 fully saturated rings. The van der Waals surface area contributed by atoms with Crippen LogP contribution in [-0.4, -0.2) is 47.1 Å². The highest BCUT2D eigenvalue weighted by atomic mass is 35.5. The van der Waals surface area contributed by atoms with E-state index in [1.807, 2.05) is 26.1 Å². The first kappa shape index (κ1) is 21.7. The lowest BCUT2D eigenvalue weighted by atomic mass is 10.0. The van der Waals surface area contributed by atoms with E-state index in [0.29, 0.717) is 25.3 Å². The van der Waals surface area contributed by atoms with Gasteiger partial charge in [0.25, 0.3) is 0 Å². The third-order valence-corrected chi connectivity index (χ3v) is 7.28. The molecule has 0 aliphatic carbocycles. The molecule has 1 atom stereocenters. The zero-order valence-corrected chi connectivity index (χ0v) is 18.4. The highest BCUT2D eigenvalue weighted by molar-refractivity contribution is 7.89. The number of hydrogen-bond acceptors (Lipinski definition) is 5. The number of rotatable bonds is 4. The Morgan fingerprint density at radius 1 is 1.24 bits per heavy atom. The van der Waals surface area contributed by atoms with Crippen LogP contribution in [0.2, 0.25) is 0 Å². The molecular weight excluding hydrogens is 410 g/mol. The van der Waals surface area contributed by atoms with Gasteiger partial charge in [-0.3, -0.25) is 4.68 Å². The van der Waals surface area contributed by atoms with Gasteiger partial charge in [-0.25, -0.2) is 13.4 Å². The standard InChI is InChI=1S/C20H25N5O2S.ClH/c1-4-15-5-7-16(8-6-15)19-13-21-9-10-25(19)28(26,27)17-11-18-14(2)23-24(3)20(18)22-12-17;/h5-8,11-12,19,21H,4,9-10,13H2,1-3H3;1H. The first-order chi connectivity index (χ1) is 13.4. The number of aryl methyl sites for hydroxylation is 3. The number of aromatic nitrogens is 3. The Morgan fingerprint density at radius 3 is 2.66 bits per heavy atom. The minimum Gasteiger partial charge on any atom is -0.313 e. The largest absolute Gasteiger partial charge is 0.313 e. The van der Waals surface area contributed by atoms with Crippen molar-refractivity contribution in [2.45, 2.75) is 31.2 Å². The molecule has 1 aliphatic heterocycles. The second-order valence-corrected chi connectivity index (χ2v) is 9.07. The van der Waals surface area contributed by atoms with Gasteiger partial charge in [0.15, 0.2) is 5.65 Å². The zero-order valence-electron chi connectivity index (χ0n) is 16.8. The second-order valence-electron chi connectivity index (χ2n) is 7.18. The summed E-state index contributed by atoms with van der Waals surface area (Å²) in [5, 5.41) is 8.43. The fraction of sp³-hybridized carbons (Fsp3) is 0.400. The second kappa shape index (κ2) is 8.39. The molecule has 3 heterocycles. The molecule has 3 aromatic rings. The molecule has 0 bridgehead atoms. The van der Waals surface area contributed by atoms with Crippen molar-refractivity contribution >= 4 is 33.5 Å². The van der Waals surface area contributed by atoms with Crippen molar-refractivity contribution in [1.29, 1.82) is 0 Å². The lowest BCUT2D eigenvalue weighted by Crippen LogP contribution is -2.48. The fourth-order valence-corrected chi connectivity index (χ4v) is 5.38. The number of benzene rings is 1. The van der Waals surface area contributed by atoms with E-state index in [1.165, 1.54) is 11.8 Å². The van der Waals surface area contributed by atoms with E-state index in [4.69, 9.17) is 0 Å². The van der Waals surface area contributed by atoms with Crippen LogP contribution in [0.3, 0.4) is 0 Å². The molecule has 4 rings (SSSR count). The third kappa shape index (κ3) is 3.90. The summed E-state index contributed by atoms with van der Waals surface area (Å²) in [5.41, 5.74) is 3.70. The normalized spacial score (nSPS) is 18.0. The Bertz CT molecular complexity index is 1110. The molecular formula is C20H26ClN5O2S. The van der Waals surface area contributed by atoms with Crippen LogP contribution in [0.1, 0.15) is 29.8 Å². The minimum absolute atomic E-state index is 0. The number of nitrogens with zero attached hydrogens (tertiary/aromatic N) is 4. The van der Waals surface area contributed by atoms with Gasteiger partial charge in [0.1, 0.15) is 4.90 Å². The van der Waals surface area contributed by atoms with Gasteiger partial charge in [0.2, 0.25) is 10.0 Å². The Kier molecular flexibility index (Phi) is 6.28. The third-order valence-electron chi connectivity index (χ3n) is 5.41. The van der Waals surface area contributed by atoms with Gasteiger partial charge in [-0.05, 0) is 30.5 Å². The summed E-state index contributed by atoms with van der Waals surface area (Å²) < 4.78 is 30.2. The molecule has 0 spiro atoms. The van der Waals surface area contributed by atoms with Crippen LogP contribution >= 0.6 is 12.4 Å². The predicted molar refractivity (Wildman–Crippen MR) is 116 cm³/mol. The van der Waals surface area contributed by atoms with E-state index in [-0.39, 0.29) is 23.3 Å². The molecule has 156 valence electrons.